The van der Waals surface area contributed by atoms with Crippen molar-refractivity contribution in [3.63, 3.8) is 0 Å². The lowest BCUT2D eigenvalue weighted by Gasteiger charge is -2.01. The number of allylic oxidation sites excluding steroid dienone is 2. The second-order valence-corrected chi connectivity index (χ2v) is 4.04. The molecule has 0 spiro atoms. The summed E-state index contributed by atoms with van der Waals surface area (Å²) in [5.41, 5.74) is 3.78. The smallest absolute Gasteiger partial charge is 0.141 e. The maximum absolute atomic E-state index is 9.74. The molecule has 0 aliphatic rings. The Labute approximate surface area is 122 Å². The van der Waals surface area contributed by atoms with Crippen molar-refractivity contribution in [2.45, 2.75) is 0 Å². The van der Waals surface area contributed by atoms with Crippen molar-refractivity contribution in [2.24, 2.45) is 10.2 Å². The summed E-state index contributed by atoms with van der Waals surface area (Å²) in [6.07, 6.45) is 8.78. The van der Waals surface area contributed by atoms with Gasteiger partial charge in [0.05, 0.1) is 19.3 Å². The summed E-state index contributed by atoms with van der Waals surface area (Å²) in [6, 6.07) is 6.94. The molecule has 0 atom stereocenters. The number of hydrogen-bond donors (Lipinski definition) is 2. The van der Waals surface area contributed by atoms with Crippen molar-refractivity contribution in [2.75, 3.05) is 13.7 Å². The Bertz CT molecular complexity index is 680. The van der Waals surface area contributed by atoms with Crippen LogP contribution in [-0.4, -0.2) is 23.7 Å². The first kappa shape index (κ1) is 14.7. The van der Waals surface area contributed by atoms with Crippen molar-refractivity contribution in [1.29, 1.82) is 0 Å². The van der Waals surface area contributed by atoms with Crippen LogP contribution in [0.4, 0.5) is 5.69 Å². The molecule has 6 nitrogen and oxygen atoms in total. The first-order valence-corrected chi connectivity index (χ1v) is 6.37. The Balaban J connectivity index is 2.03. The molecule has 0 amide bonds. The Morgan fingerprint density at radius 1 is 1.33 bits per heavy atom. The quantitative estimate of drug-likeness (QED) is 0.485. The van der Waals surface area contributed by atoms with Crippen molar-refractivity contribution in [3.8, 4) is 5.75 Å². The standard InChI is InChI=1S/C15H16N4O2/c1-21-18-11-4-2-3-10-17-19-13-7-8-14(20)15-12(13)6-5-9-16-15/h2-9,11,18,20H,10H2,1H3/b3-2-,11-4-,19-17?. The summed E-state index contributed by atoms with van der Waals surface area (Å²) in [7, 11) is 1.54. The molecule has 0 saturated carbocycles. The number of pyridine rings is 1. The number of phenols is 1. The van der Waals surface area contributed by atoms with Crippen LogP contribution in [0.3, 0.4) is 0 Å². The van der Waals surface area contributed by atoms with Gasteiger partial charge in [0.2, 0.25) is 0 Å². The van der Waals surface area contributed by atoms with Crippen LogP contribution < -0.4 is 5.48 Å². The summed E-state index contributed by atoms with van der Waals surface area (Å²) in [4.78, 5) is 8.77. The van der Waals surface area contributed by atoms with Gasteiger partial charge < -0.3 is 5.11 Å². The number of phenolic OH excluding ortho intramolecular Hbond substituents is 1. The van der Waals surface area contributed by atoms with Gasteiger partial charge in [0.25, 0.3) is 0 Å². The SMILES string of the molecule is CON/C=C\C=C/CN=Nc1ccc(O)c2ncccc12. The molecule has 1 heterocycles. The number of benzene rings is 1. The van der Waals surface area contributed by atoms with Crippen LogP contribution >= 0.6 is 0 Å². The zero-order valence-corrected chi connectivity index (χ0v) is 11.6. The molecule has 0 aliphatic heterocycles. The average Bonchev–Trinajstić information content (AvgIpc) is 2.52. The van der Waals surface area contributed by atoms with Gasteiger partial charge in [0, 0.05) is 17.8 Å². The van der Waals surface area contributed by atoms with E-state index in [-0.39, 0.29) is 5.75 Å². The topological polar surface area (TPSA) is 79.1 Å². The summed E-state index contributed by atoms with van der Waals surface area (Å²) in [5, 5.41) is 18.8. The molecular formula is C15H16N4O2. The zero-order valence-electron chi connectivity index (χ0n) is 11.6. The Morgan fingerprint density at radius 3 is 3.10 bits per heavy atom. The van der Waals surface area contributed by atoms with Crippen LogP contribution in [0.2, 0.25) is 0 Å². The van der Waals surface area contributed by atoms with Crippen LogP contribution in [-0.2, 0) is 4.84 Å². The Hall–Kier alpha value is -2.73. The maximum Gasteiger partial charge on any atom is 0.141 e. The number of aromatic hydroxyl groups is 1. The van der Waals surface area contributed by atoms with E-state index in [0.717, 1.165) is 5.39 Å². The summed E-state index contributed by atoms with van der Waals surface area (Å²) < 4.78 is 0. The van der Waals surface area contributed by atoms with E-state index < -0.39 is 0 Å². The predicted molar refractivity (Wildman–Crippen MR) is 81.2 cm³/mol. The summed E-state index contributed by atoms with van der Waals surface area (Å²) in [5.74, 6) is 0.139. The minimum atomic E-state index is 0.139. The fraction of sp³-hybridized carbons (Fsp3) is 0.133. The summed E-state index contributed by atoms with van der Waals surface area (Å²) in [6.45, 7) is 0.458. The van der Waals surface area contributed by atoms with E-state index in [1.165, 1.54) is 0 Å². The maximum atomic E-state index is 9.74. The fourth-order valence-corrected chi connectivity index (χ4v) is 1.70. The minimum Gasteiger partial charge on any atom is -0.506 e. The van der Waals surface area contributed by atoms with Crippen LogP contribution in [0.15, 0.2) is 65.1 Å². The Morgan fingerprint density at radius 2 is 2.24 bits per heavy atom. The highest BCUT2D eigenvalue weighted by atomic mass is 16.6. The molecule has 1 aromatic carbocycles. The van der Waals surface area contributed by atoms with Crippen molar-refractivity contribution in [3.05, 3.63) is 54.9 Å². The number of aromatic nitrogens is 1. The van der Waals surface area contributed by atoms with Gasteiger partial charge in [-0.25, -0.2) is 0 Å². The molecule has 2 N–H and O–H groups in total. The molecule has 0 bridgehead atoms. The lowest BCUT2D eigenvalue weighted by molar-refractivity contribution is 0.128. The molecule has 108 valence electrons. The third-order valence-electron chi connectivity index (χ3n) is 2.62. The molecule has 0 radical (unpaired) electrons. The number of nitrogens with one attached hydrogen (secondary N) is 1. The number of hydroxylamine groups is 1. The van der Waals surface area contributed by atoms with Crippen LogP contribution in [0.5, 0.6) is 5.75 Å². The first-order valence-electron chi connectivity index (χ1n) is 6.37. The van der Waals surface area contributed by atoms with Crippen LogP contribution in [0.25, 0.3) is 10.9 Å². The third-order valence-corrected chi connectivity index (χ3v) is 2.62. The number of azo groups is 1. The monoisotopic (exact) mass is 284 g/mol. The van der Waals surface area contributed by atoms with Crippen molar-refractivity contribution >= 4 is 16.6 Å². The molecule has 0 unspecified atom stereocenters. The lowest BCUT2D eigenvalue weighted by atomic mass is 10.2. The van der Waals surface area contributed by atoms with Gasteiger partial charge in [-0.05, 0) is 30.3 Å². The number of rotatable bonds is 6. The van der Waals surface area contributed by atoms with Gasteiger partial charge in [0.1, 0.15) is 11.3 Å². The molecule has 21 heavy (non-hydrogen) atoms. The second kappa shape index (κ2) is 7.76. The molecule has 0 saturated heterocycles. The lowest BCUT2D eigenvalue weighted by Crippen LogP contribution is -1.99. The molecule has 1 aromatic heterocycles. The number of fused-ring (bicyclic) bond motifs is 1. The van der Waals surface area contributed by atoms with Gasteiger partial charge in [-0.3, -0.25) is 15.3 Å². The molecule has 0 aliphatic carbocycles. The van der Waals surface area contributed by atoms with Crippen molar-refractivity contribution in [1.82, 2.24) is 10.5 Å². The van der Waals surface area contributed by atoms with E-state index in [1.54, 1.807) is 43.8 Å². The van der Waals surface area contributed by atoms with Gasteiger partial charge in [-0.15, -0.1) is 0 Å². The highest BCUT2D eigenvalue weighted by Gasteiger charge is 2.04. The normalized spacial score (nSPS) is 12.0. The highest BCUT2D eigenvalue weighted by molar-refractivity contribution is 5.93. The van der Waals surface area contributed by atoms with E-state index in [0.29, 0.717) is 17.7 Å². The zero-order chi connectivity index (χ0) is 14.9. The molecule has 0 fully saturated rings. The largest absolute Gasteiger partial charge is 0.506 e. The Kier molecular flexibility index (Phi) is 5.42. The minimum absolute atomic E-state index is 0.139. The molecule has 2 rings (SSSR count). The number of hydrogen-bond acceptors (Lipinski definition) is 6. The second-order valence-electron chi connectivity index (χ2n) is 4.04. The highest BCUT2D eigenvalue weighted by Crippen LogP contribution is 2.30. The van der Waals surface area contributed by atoms with E-state index in [4.69, 9.17) is 0 Å². The van der Waals surface area contributed by atoms with Crippen LogP contribution in [0.1, 0.15) is 0 Å². The van der Waals surface area contributed by atoms with E-state index in [2.05, 4.69) is 25.5 Å². The summed E-state index contributed by atoms with van der Waals surface area (Å²) >= 11 is 0. The number of nitrogens with zero attached hydrogens (tertiary/aromatic N) is 3. The van der Waals surface area contributed by atoms with E-state index in [1.807, 2.05) is 18.2 Å². The predicted octanol–water partition coefficient (Wildman–Crippen LogP) is 3.25. The van der Waals surface area contributed by atoms with Crippen LogP contribution in [0, 0.1) is 0 Å². The van der Waals surface area contributed by atoms with Gasteiger partial charge in [-0.2, -0.15) is 10.2 Å². The molecule has 2 aromatic rings. The van der Waals surface area contributed by atoms with Gasteiger partial charge >= 0.3 is 0 Å². The van der Waals surface area contributed by atoms with E-state index >= 15 is 0 Å². The average molecular weight is 284 g/mol. The van der Waals surface area contributed by atoms with E-state index in [9.17, 15) is 5.11 Å². The van der Waals surface area contributed by atoms with Gasteiger partial charge in [-0.1, -0.05) is 12.2 Å². The first-order chi connectivity index (χ1) is 10.3. The molecular weight excluding hydrogens is 268 g/mol. The third kappa shape index (κ3) is 4.12. The van der Waals surface area contributed by atoms with Gasteiger partial charge in [0.15, 0.2) is 0 Å². The fourth-order valence-electron chi connectivity index (χ4n) is 1.70. The van der Waals surface area contributed by atoms with Crippen molar-refractivity contribution < 1.29 is 9.94 Å². The molecule has 6 heteroatoms.